The molecule has 0 aliphatic rings. The lowest BCUT2D eigenvalue weighted by Crippen LogP contribution is -1.96. The molecule has 1 aromatic rings. The highest BCUT2D eigenvalue weighted by molar-refractivity contribution is 7.99. The molecule has 0 aromatic carbocycles. The number of hydrogen-bond acceptors (Lipinski definition) is 3. The summed E-state index contributed by atoms with van der Waals surface area (Å²) in [6.45, 7) is 4.95. The molecule has 0 aliphatic carbocycles. The summed E-state index contributed by atoms with van der Waals surface area (Å²) in [5.41, 5.74) is 7.92. The molecular weight excluding hydrogens is 204 g/mol. The Labute approximate surface area is 96.0 Å². The summed E-state index contributed by atoms with van der Waals surface area (Å²) < 4.78 is 0. The van der Waals surface area contributed by atoms with Crippen molar-refractivity contribution in [1.29, 1.82) is 0 Å². The van der Waals surface area contributed by atoms with Crippen molar-refractivity contribution in [2.45, 2.75) is 25.2 Å². The lowest BCUT2D eigenvalue weighted by Gasteiger charge is -2.03. The third kappa shape index (κ3) is 4.06. The molecule has 0 atom stereocenters. The molecule has 82 valence electrons. The third-order valence-electron chi connectivity index (χ3n) is 2.10. The summed E-state index contributed by atoms with van der Waals surface area (Å²) in [7, 11) is 0. The van der Waals surface area contributed by atoms with E-state index in [1.165, 1.54) is 16.0 Å². The first-order valence-corrected chi connectivity index (χ1v) is 6.21. The molecular formula is C12H18N2S. The lowest BCUT2D eigenvalue weighted by molar-refractivity contribution is 1.01. The molecule has 1 aromatic heterocycles. The van der Waals surface area contributed by atoms with Crippen molar-refractivity contribution in [3.8, 4) is 0 Å². The van der Waals surface area contributed by atoms with E-state index in [0.717, 1.165) is 12.2 Å². The second kappa shape index (κ2) is 6.64. The molecule has 1 heterocycles. The Morgan fingerprint density at radius 1 is 1.53 bits per heavy atom. The van der Waals surface area contributed by atoms with Crippen molar-refractivity contribution in [2.24, 2.45) is 5.73 Å². The second-order valence-electron chi connectivity index (χ2n) is 3.31. The molecule has 3 heteroatoms. The van der Waals surface area contributed by atoms with E-state index in [-0.39, 0.29) is 0 Å². The molecule has 0 aliphatic heterocycles. The fourth-order valence-electron chi connectivity index (χ4n) is 1.30. The van der Waals surface area contributed by atoms with Gasteiger partial charge in [-0.3, -0.25) is 4.98 Å². The van der Waals surface area contributed by atoms with Gasteiger partial charge in [-0.15, -0.1) is 11.8 Å². The third-order valence-corrected chi connectivity index (χ3v) is 2.94. The molecule has 0 saturated carbocycles. The minimum atomic E-state index is 0.703. The molecule has 0 fully saturated rings. The first kappa shape index (κ1) is 12.3. The Balaban J connectivity index is 2.80. The van der Waals surface area contributed by atoms with Crippen LogP contribution in [0.3, 0.4) is 0 Å². The monoisotopic (exact) mass is 222 g/mol. The molecule has 0 radical (unpaired) electrons. The van der Waals surface area contributed by atoms with Crippen LogP contribution in [-0.2, 0) is 0 Å². The van der Waals surface area contributed by atoms with E-state index in [4.69, 9.17) is 5.73 Å². The van der Waals surface area contributed by atoms with Gasteiger partial charge in [0.15, 0.2) is 0 Å². The predicted molar refractivity (Wildman–Crippen MR) is 68.0 cm³/mol. The maximum atomic E-state index is 5.47. The van der Waals surface area contributed by atoms with Gasteiger partial charge in [-0.2, -0.15) is 0 Å². The number of rotatable bonds is 5. The van der Waals surface area contributed by atoms with Crippen LogP contribution < -0.4 is 5.73 Å². The van der Waals surface area contributed by atoms with Gasteiger partial charge in [0.2, 0.25) is 0 Å². The molecule has 0 unspecified atom stereocenters. The highest BCUT2D eigenvalue weighted by Gasteiger charge is 1.98. The topological polar surface area (TPSA) is 38.9 Å². The van der Waals surface area contributed by atoms with Gasteiger partial charge in [-0.05, 0) is 42.8 Å². The Bertz CT molecular complexity index is 334. The number of aromatic nitrogens is 1. The number of pyridine rings is 1. The molecule has 15 heavy (non-hydrogen) atoms. The molecule has 0 bridgehead atoms. The van der Waals surface area contributed by atoms with Crippen LogP contribution in [0, 0.1) is 0 Å². The number of thioether (sulfide) groups is 1. The quantitative estimate of drug-likeness (QED) is 0.778. The van der Waals surface area contributed by atoms with Gasteiger partial charge in [0.05, 0.1) is 0 Å². The molecule has 2 nitrogen and oxygen atoms in total. The fourth-order valence-corrected chi connectivity index (χ4v) is 1.98. The predicted octanol–water partition coefficient (Wildman–Crippen LogP) is 2.95. The second-order valence-corrected chi connectivity index (χ2v) is 4.64. The molecule has 0 saturated heterocycles. The molecule has 2 N–H and O–H groups in total. The Hall–Kier alpha value is -0.800. The van der Waals surface area contributed by atoms with Crippen LogP contribution >= 0.6 is 11.8 Å². The average Bonchev–Trinajstić information content (AvgIpc) is 2.27. The van der Waals surface area contributed by atoms with Crippen molar-refractivity contribution in [1.82, 2.24) is 4.98 Å². The standard InChI is InChI=1S/C12H18N2S/c1-3-15-12-7-11(8-14-9-12)10(2)5-4-6-13/h5,7-9H,3-4,6,13H2,1-2H3. The van der Waals surface area contributed by atoms with E-state index in [2.05, 4.69) is 31.0 Å². The zero-order valence-electron chi connectivity index (χ0n) is 9.36. The summed E-state index contributed by atoms with van der Waals surface area (Å²) >= 11 is 1.82. The minimum Gasteiger partial charge on any atom is -0.330 e. The van der Waals surface area contributed by atoms with Crippen molar-refractivity contribution < 1.29 is 0 Å². The van der Waals surface area contributed by atoms with Crippen molar-refractivity contribution in [3.63, 3.8) is 0 Å². The number of hydrogen-bond donors (Lipinski definition) is 1. The van der Waals surface area contributed by atoms with Crippen LogP contribution in [0.1, 0.15) is 25.8 Å². The van der Waals surface area contributed by atoms with E-state index in [9.17, 15) is 0 Å². The maximum Gasteiger partial charge on any atom is 0.0404 e. The summed E-state index contributed by atoms with van der Waals surface area (Å²) in [6.07, 6.45) is 6.91. The van der Waals surface area contributed by atoms with E-state index in [1.54, 1.807) is 0 Å². The van der Waals surface area contributed by atoms with Crippen LogP contribution in [-0.4, -0.2) is 17.3 Å². The maximum absolute atomic E-state index is 5.47. The Kier molecular flexibility index (Phi) is 5.43. The van der Waals surface area contributed by atoms with Crippen LogP contribution in [0.4, 0.5) is 0 Å². The fraction of sp³-hybridized carbons (Fsp3) is 0.417. The SMILES string of the molecule is CCSc1cncc(C(C)=CCCN)c1. The first-order valence-electron chi connectivity index (χ1n) is 5.23. The van der Waals surface area contributed by atoms with Crippen LogP contribution in [0.2, 0.25) is 0 Å². The van der Waals surface area contributed by atoms with Gasteiger partial charge >= 0.3 is 0 Å². The van der Waals surface area contributed by atoms with Gasteiger partial charge in [0.1, 0.15) is 0 Å². The summed E-state index contributed by atoms with van der Waals surface area (Å²) in [6, 6.07) is 2.18. The van der Waals surface area contributed by atoms with E-state index >= 15 is 0 Å². The summed E-state index contributed by atoms with van der Waals surface area (Å²) in [5, 5.41) is 0. The highest BCUT2D eigenvalue weighted by atomic mass is 32.2. The van der Waals surface area contributed by atoms with E-state index < -0.39 is 0 Å². The number of nitrogens with two attached hydrogens (primary N) is 1. The van der Waals surface area contributed by atoms with Crippen LogP contribution in [0.5, 0.6) is 0 Å². The van der Waals surface area contributed by atoms with E-state index in [0.29, 0.717) is 6.54 Å². The van der Waals surface area contributed by atoms with Gasteiger partial charge in [0.25, 0.3) is 0 Å². The van der Waals surface area contributed by atoms with Gasteiger partial charge in [-0.25, -0.2) is 0 Å². The van der Waals surface area contributed by atoms with Crippen LogP contribution in [0.15, 0.2) is 29.4 Å². The lowest BCUT2D eigenvalue weighted by atomic mass is 10.1. The van der Waals surface area contributed by atoms with Crippen LogP contribution in [0.25, 0.3) is 5.57 Å². The average molecular weight is 222 g/mol. The van der Waals surface area contributed by atoms with Crippen molar-refractivity contribution >= 4 is 17.3 Å². The number of allylic oxidation sites excluding steroid dienone is 1. The highest BCUT2D eigenvalue weighted by Crippen LogP contribution is 2.21. The smallest absolute Gasteiger partial charge is 0.0404 e. The zero-order valence-corrected chi connectivity index (χ0v) is 10.2. The van der Waals surface area contributed by atoms with Gasteiger partial charge in [0, 0.05) is 17.3 Å². The Morgan fingerprint density at radius 3 is 3.00 bits per heavy atom. The molecule has 0 spiro atoms. The zero-order chi connectivity index (χ0) is 11.1. The molecule has 1 rings (SSSR count). The number of nitrogens with zero attached hydrogens (tertiary/aromatic N) is 1. The summed E-state index contributed by atoms with van der Waals surface area (Å²) in [4.78, 5) is 5.47. The van der Waals surface area contributed by atoms with Crippen molar-refractivity contribution in [3.05, 3.63) is 30.1 Å². The van der Waals surface area contributed by atoms with Crippen molar-refractivity contribution in [2.75, 3.05) is 12.3 Å². The first-order chi connectivity index (χ1) is 7.27. The largest absolute Gasteiger partial charge is 0.330 e. The molecule has 0 amide bonds. The summed E-state index contributed by atoms with van der Waals surface area (Å²) in [5.74, 6) is 1.08. The minimum absolute atomic E-state index is 0.703. The van der Waals surface area contributed by atoms with E-state index in [1.807, 2.05) is 24.2 Å². The normalized spacial score (nSPS) is 11.8. The Morgan fingerprint density at radius 2 is 2.33 bits per heavy atom. The van der Waals surface area contributed by atoms with Gasteiger partial charge < -0.3 is 5.73 Å². The van der Waals surface area contributed by atoms with Gasteiger partial charge in [-0.1, -0.05) is 13.0 Å².